The molecule has 5 saturated heterocycles. The highest BCUT2D eigenvalue weighted by Gasteiger charge is 2.57. The zero-order chi connectivity index (χ0) is 33.4. The van der Waals surface area contributed by atoms with Crippen molar-refractivity contribution in [2.45, 2.75) is 123 Å². The molecule has 5 heterocycles. The lowest BCUT2D eigenvalue weighted by Gasteiger charge is -2.30. The van der Waals surface area contributed by atoms with Crippen LogP contribution in [0, 0.1) is 0 Å². The third kappa shape index (κ3) is 6.94. The fourth-order valence-electron chi connectivity index (χ4n) is 5.96. The topological polar surface area (TPSA) is 326 Å². The van der Waals surface area contributed by atoms with Crippen LogP contribution in [0.25, 0.3) is 0 Å². The van der Waals surface area contributed by atoms with Gasteiger partial charge in [-0.1, -0.05) is 0 Å². The molecule has 46 heavy (non-hydrogen) atoms. The summed E-state index contributed by atoms with van der Waals surface area (Å²) in [5.41, 5.74) is 0. The van der Waals surface area contributed by atoms with Crippen molar-refractivity contribution >= 4 is 0 Å². The largest absolute Gasteiger partial charge is 0.394 e. The highest BCUT2D eigenvalue weighted by molar-refractivity contribution is 4.97. The van der Waals surface area contributed by atoms with Crippen LogP contribution in [0.1, 0.15) is 0 Å². The van der Waals surface area contributed by atoms with Gasteiger partial charge in [0.2, 0.25) is 0 Å². The number of hydrogen-bond donors (Lipinski definition) is 12. The summed E-state index contributed by atoms with van der Waals surface area (Å²) in [6.45, 7) is -3.49. The molecule has 0 aromatic carbocycles. The summed E-state index contributed by atoms with van der Waals surface area (Å²) in [5, 5.41) is 121. The molecular formula is C25H42O21. The SMILES string of the molecule is OC[C@@H]1O[C@H](O[C@H]2[C@@H](O[C@@H]3[C@@H](O)[C@@H](O[C@H]4[C@@H](O[C@@H]5[C@@H](O)[C@H](CO)O[C@H]5O)O[C@@H](CO)[C@@H]4O)O[C@H]3CO)O[C@@H](CO)[C@@H]2O)[C@H](O)[C@H]1O. The normalized spacial score (nSPS) is 52.7. The summed E-state index contributed by atoms with van der Waals surface area (Å²) in [5.74, 6) is 0. The second kappa shape index (κ2) is 15.4. The highest BCUT2D eigenvalue weighted by atomic mass is 16.8. The Bertz CT molecular complexity index is 965. The van der Waals surface area contributed by atoms with E-state index in [0.717, 1.165) is 0 Å². The molecule has 0 unspecified atom stereocenters. The average Bonchev–Trinajstić information content (AvgIpc) is 3.78. The molecule has 0 aliphatic carbocycles. The van der Waals surface area contributed by atoms with Crippen molar-refractivity contribution < 1.29 is 104 Å². The minimum absolute atomic E-state index is 0.649. The smallest absolute Gasteiger partial charge is 0.187 e. The molecule has 0 radical (unpaired) electrons. The fraction of sp³-hybridized carbons (Fsp3) is 1.00. The number of hydrogen-bond acceptors (Lipinski definition) is 21. The maximum Gasteiger partial charge on any atom is 0.187 e. The minimum Gasteiger partial charge on any atom is -0.394 e. The molecule has 0 spiro atoms. The van der Waals surface area contributed by atoms with Crippen LogP contribution in [0.3, 0.4) is 0 Å². The zero-order valence-corrected chi connectivity index (χ0v) is 24.1. The number of rotatable bonds is 13. The van der Waals surface area contributed by atoms with Gasteiger partial charge in [0.15, 0.2) is 31.5 Å². The van der Waals surface area contributed by atoms with Crippen molar-refractivity contribution in [3.05, 3.63) is 0 Å². The Morgan fingerprint density at radius 1 is 0.326 bits per heavy atom. The molecule has 20 atom stereocenters. The van der Waals surface area contributed by atoms with E-state index in [1.165, 1.54) is 0 Å². The van der Waals surface area contributed by atoms with Crippen LogP contribution < -0.4 is 0 Å². The molecule has 0 aromatic rings. The van der Waals surface area contributed by atoms with E-state index in [0.29, 0.717) is 0 Å². The summed E-state index contributed by atoms with van der Waals surface area (Å²) in [4.78, 5) is 0. The first-order chi connectivity index (χ1) is 22.0. The lowest BCUT2D eigenvalue weighted by Crippen LogP contribution is -2.48. The summed E-state index contributed by atoms with van der Waals surface area (Å²) in [7, 11) is 0. The Balaban J connectivity index is 1.28. The van der Waals surface area contributed by atoms with Crippen molar-refractivity contribution in [3.8, 4) is 0 Å². The predicted molar refractivity (Wildman–Crippen MR) is 136 cm³/mol. The molecule has 5 aliphatic heterocycles. The van der Waals surface area contributed by atoms with E-state index in [9.17, 15) is 61.3 Å². The van der Waals surface area contributed by atoms with Gasteiger partial charge in [0.05, 0.1) is 33.0 Å². The molecule has 0 bridgehead atoms. The van der Waals surface area contributed by atoms with Crippen LogP contribution in [-0.4, -0.2) is 217 Å². The van der Waals surface area contributed by atoms with Gasteiger partial charge < -0.3 is 104 Å². The quantitative estimate of drug-likeness (QED) is 0.0860. The summed E-state index contributed by atoms with van der Waals surface area (Å²) < 4.78 is 49.7. The summed E-state index contributed by atoms with van der Waals surface area (Å²) in [6.07, 6.45) is -30.0. The molecule has 0 amide bonds. The average molecular weight is 679 g/mol. The van der Waals surface area contributed by atoms with E-state index >= 15 is 0 Å². The Morgan fingerprint density at radius 2 is 0.674 bits per heavy atom. The van der Waals surface area contributed by atoms with E-state index in [4.69, 9.17) is 42.6 Å². The van der Waals surface area contributed by atoms with Crippen LogP contribution >= 0.6 is 0 Å². The maximum atomic E-state index is 11.1. The third-order valence-corrected chi connectivity index (χ3v) is 8.58. The molecule has 5 aliphatic rings. The first-order valence-corrected chi connectivity index (χ1v) is 14.7. The molecule has 5 rings (SSSR count). The Hall–Kier alpha value is -0.840. The van der Waals surface area contributed by atoms with Crippen LogP contribution in [0.2, 0.25) is 0 Å². The Labute approximate surface area is 260 Å². The number of aliphatic hydroxyl groups is 12. The van der Waals surface area contributed by atoms with Gasteiger partial charge in [-0.25, -0.2) is 0 Å². The van der Waals surface area contributed by atoms with E-state index in [-0.39, 0.29) is 0 Å². The molecule has 12 N–H and O–H groups in total. The molecule has 21 nitrogen and oxygen atoms in total. The monoisotopic (exact) mass is 678 g/mol. The van der Waals surface area contributed by atoms with E-state index in [2.05, 4.69) is 0 Å². The molecular weight excluding hydrogens is 636 g/mol. The lowest BCUT2D eigenvalue weighted by atomic mass is 10.1. The second-order valence-electron chi connectivity index (χ2n) is 11.5. The first kappa shape index (κ1) is 36.4. The number of ether oxygens (including phenoxy) is 9. The van der Waals surface area contributed by atoms with Gasteiger partial charge >= 0.3 is 0 Å². The van der Waals surface area contributed by atoms with Gasteiger partial charge in [-0.15, -0.1) is 0 Å². The van der Waals surface area contributed by atoms with Crippen molar-refractivity contribution in [3.63, 3.8) is 0 Å². The standard InChI is InChI=1S/C25H42O21/c26-1-6-11(31)15(35)22(39-6)45-19-13(33)8(3-28)40-24(19)43-17-10(5-30)42-23(16(17)36)46-20-14(34)9(4-29)41-25(20)44-18-12(32)7(2-27)38-21(18)37/h6-37H,1-5H2/t6-,7-,8-,9-,10-,11-,12-,13-,14-,15+,16+,17-,18+,19+,20+,21+,22+,23+,24+,25+/m0/s1. The van der Waals surface area contributed by atoms with E-state index in [1.807, 2.05) is 0 Å². The van der Waals surface area contributed by atoms with Gasteiger partial charge in [0.25, 0.3) is 0 Å². The lowest BCUT2D eigenvalue weighted by molar-refractivity contribution is -0.273. The highest BCUT2D eigenvalue weighted by Crippen LogP contribution is 2.37. The Kier molecular flexibility index (Phi) is 12.2. The van der Waals surface area contributed by atoms with Crippen LogP contribution in [0.15, 0.2) is 0 Å². The van der Waals surface area contributed by atoms with Crippen molar-refractivity contribution in [1.29, 1.82) is 0 Å². The van der Waals surface area contributed by atoms with Crippen LogP contribution in [-0.2, 0) is 42.6 Å². The molecule has 21 heteroatoms. The third-order valence-electron chi connectivity index (χ3n) is 8.58. The Morgan fingerprint density at radius 3 is 1.13 bits per heavy atom. The van der Waals surface area contributed by atoms with Gasteiger partial charge in [-0.05, 0) is 0 Å². The van der Waals surface area contributed by atoms with Crippen LogP contribution in [0.4, 0.5) is 0 Å². The van der Waals surface area contributed by atoms with E-state index in [1.54, 1.807) is 0 Å². The van der Waals surface area contributed by atoms with E-state index < -0.39 is 156 Å². The zero-order valence-electron chi connectivity index (χ0n) is 24.1. The van der Waals surface area contributed by atoms with Crippen molar-refractivity contribution in [2.75, 3.05) is 33.0 Å². The predicted octanol–water partition coefficient (Wildman–Crippen LogP) is -8.73. The van der Waals surface area contributed by atoms with Gasteiger partial charge in [-0.2, -0.15) is 0 Å². The molecule has 0 saturated carbocycles. The minimum atomic E-state index is -1.76. The first-order valence-electron chi connectivity index (χ1n) is 14.7. The van der Waals surface area contributed by atoms with Crippen molar-refractivity contribution in [2.24, 2.45) is 0 Å². The summed E-state index contributed by atoms with van der Waals surface area (Å²) in [6, 6.07) is 0. The van der Waals surface area contributed by atoms with Gasteiger partial charge in [0, 0.05) is 0 Å². The molecule has 0 aromatic heterocycles. The molecule has 268 valence electrons. The van der Waals surface area contributed by atoms with Crippen molar-refractivity contribution in [1.82, 2.24) is 0 Å². The van der Waals surface area contributed by atoms with Gasteiger partial charge in [0.1, 0.15) is 91.6 Å². The van der Waals surface area contributed by atoms with Crippen LogP contribution in [0.5, 0.6) is 0 Å². The number of aliphatic hydroxyl groups excluding tert-OH is 12. The fourth-order valence-corrected chi connectivity index (χ4v) is 5.96. The van der Waals surface area contributed by atoms with Gasteiger partial charge in [-0.3, -0.25) is 0 Å². The second-order valence-corrected chi connectivity index (χ2v) is 11.5. The maximum absolute atomic E-state index is 11.1. The molecule has 5 fully saturated rings. The summed E-state index contributed by atoms with van der Waals surface area (Å²) >= 11 is 0.